The lowest BCUT2D eigenvalue weighted by atomic mass is 9.91. The maximum atomic E-state index is 12.3. The summed E-state index contributed by atoms with van der Waals surface area (Å²) < 4.78 is 7.38. The summed E-state index contributed by atoms with van der Waals surface area (Å²) in [7, 11) is 0. The third-order valence-electron chi connectivity index (χ3n) is 4.30. The number of nitrogens with zero attached hydrogens (tertiary/aromatic N) is 2. The molecule has 3 aromatic rings. The summed E-state index contributed by atoms with van der Waals surface area (Å²) in [5, 5.41) is 0. The zero-order valence-corrected chi connectivity index (χ0v) is 13.8. The summed E-state index contributed by atoms with van der Waals surface area (Å²) >= 11 is 1.70. The quantitative estimate of drug-likeness (QED) is 0.682. The molecule has 2 aromatic heterocycles. The molecule has 1 aliphatic rings. The van der Waals surface area contributed by atoms with Gasteiger partial charge in [-0.1, -0.05) is 30.3 Å². The number of thiazole rings is 1. The highest BCUT2D eigenvalue weighted by atomic mass is 32.1. The fraction of sp³-hybridized carbons (Fsp3) is 0.333. The number of aryl methyl sites for hydroxylation is 1. The fourth-order valence-corrected chi connectivity index (χ4v) is 4.48. The minimum Gasteiger partial charge on any atom is -0.465 e. The number of ether oxygens (including phenoxy) is 1. The summed E-state index contributed by atoms with van der Waals surface area (Å²) in [6.45, 7) is 2.28. The van der Waals surface area contributed by atoms with Crippen LogP contribution < -0.4 is 0 Å². The van der Waals surface area contributed by atoms with Gasteiger partial charge in [0.1, 0.15) is 0 Å². The molecule has 0 saturated carbocycles. The molecule has 0 aliphatic heterocycles. The van der Waals surface area contributed by atoms with Gasteiger partial charge in [0.05, 0.1) is 23.9 Å². The molecule has 0 amide bonds. The van der Waals surface area contributed by atoms with E-state index in [4.69, 9.17) is 9.72 Å². The zero-order chi connectivity index (χ0) is 15.8. The van der Waals surface area contributed by atoms with Crippen LogP contribution in [0.4, 0.5) is 0 Å². The Bertz CT molecular complexity index is 851. The lowest BCUT2D eigenvalue weighted by Crippen LogP contribution is -2.21. The number of hydrogen-bond acceptors (Lipinski definition) is 4. The molecule has 23 heavy (non-hydrogen) atoms. The summed E-state index contributed by atoms with van der Waals surface area (Å²) in [6.07, 6.45) is 4.97. The molecular formula is C18H18N2O2S. The Labute approximate surface area is 138 Å². The summed E-state index contributed by atoms with van der Waals surface area (Å²) in [5.41, 5.74) is 3.14. The zero-order valence-electron chi connectivity index (χ0n) is 13.0. The number of aromatic nitrogens is 2. The second kappa shape index (κ2) is 5.81. The highest BCUT2D eigenvalue weighted by Crippen LogP contribution is 2.38. The predicted molar refractivity (Wildman–Crippen MR) is 90.8 cm³/mol. The van der Waals surface area contributed by atoms with Gasteiger partial charge in [0.15, 0.2) is 4.96 Å². The number of benzene rings is 1. The Kier molecular flexibility index (Phi) is 3.65. The van der Waals surface area contributed by atoms with Crippen molar-refractivity contribution >= 4 is 22.3 Å². The van der Waals surface area contributed by atoms with Crippen LogP contribution in [-0.4, -0.2) is 22.0 Å². The van der Waals surface area contributed by atoms with Crippen LogP contribution in [0.5, 0.6) is 0 Å². The van der Waals surface area contributed by atoms with Gasteiger partial charge in [-0.3, -0.25) is 9.20 Å². The number of esters is 1. The minimum absolute atomic E-state index is 0.108. The Morgan fingerprint density at radius 1 is 1.39 bits per heavy atom. The summed E-state index contributed by atoms with van der Waals surface area (Å²) in [6, 6.07) is 10.1. The standard InChI is InChI=1S/C18H18N2O2S/c1-2-22-17(21)13-9-6-10-15-16(13)20-11-14(19-18(20)23-15)12-7-4-3-5-8-12/h3-5,7-8,11,13H,2,6,9-10H2,1H3. The Morgan fingerprint density at radius 2 is 2.22 bits per heavy atom. The van der Waals surface area contributed by atoms with Gasteiger partial charge in [-0.2, -0.15) is 0 Å². The van der Waals surface area contributed by atoms with Crippen LogP contribution in [0.3, 0.4) is 0 Å². The number of carbonyl (C=O) groups is 1. The Morgan fingerprint density at radius 3 is 3.00 bits per heavy atom. The molecule has 0 saturated heterocycles. The molecule has 1 aromatic carbocycles. The average molecular weight is 326 g/mol. The normalized spacial score (nSPS) is 17.2. The van der Waals surface area contributed by atoms with Crippen molar-refractivity contribution in [2.24, 2.45) is 0 Å². The van der Waals surface area contributed by atoms with Gasteiger partial charge in [0.2, 0.25) is 0 Å². The molecular weight excluding hydrogens is 308 g/mol. The molecule has 0 radical (unpaired) electrons. The molecule has 4 rings (SSSR count). The van der Waals surface area contributed by atoms with Crippen LogP contribution in [0.2, 0.25) is 0 Å². The van der Waals surface area contributed by atoms with Crippen molar-refractivity contribution in [1.82, 2.24) is 9.38 Å². The molecule has 0 N–H and O–H groups in total. The lowest BCUT2D eigenvalue weighted by Gasteiger charge is -2.20. The van der Waals surface area contributed by atoms with Gasteiger partial charge in [-0.25, -0.2) is 4.98 Å². The van der Waals surface area contributed by atoms with E-state index in [2.05, 4.69) is 22.7 Å². The van der Waals surface area contributed by atoms with E-state index >= 15 is 0 Å². The first-order valence-corrected chi connectivity index (χ1v) is 8.82. The van der Waals surface area contributed by atoms with Crippen molar-refractivity contribution in [3.63, 3.8) is 0 Å². The van der Waals surface area contributed by atoms with E-state index in [1.165, 1.54) is 4.88 Å². The maximum Gasteiger partial charge on any atom is 0.314 e. The highest BCUT2D eigenvalue weighted by Gasteiger charge is 2.32. The molecule has 1 aliphatic carbocycles. The van der Waals surface area contributed by atoms with Gasteiger partial charge in [-0.05, 0) is 26.2 Å². The number of carbonyl (C=O) groups excluding carboxylic acids is 1. The van der Waals surface area contributed by atoms with E-state index in [1.807, 2.05) is 25.1 Å². The molecule has 0 fully saturated rings. The third kappa shape index (κ3) is 2.45. The molecule has 2 heterocycles. The van der Waals surface area contributed by atoms with Crippen molar-refractivity contribution in [2.45, 2.75) is 32.1 Å². The van der Waals surface area contributed by atoms with Crippen LogP contribution in [0, 0.1) is 0 Å². The van der Waals surface area contributed by atoms with Crippen LogP contribution in [0.1, 0.15) is 36.3 Å². The second-order valence-corrected chi connectivity index (χ2v) is 6.81. The first-order chi connectivity index (χ1) is 11.3. The first-order valence-electron chi connectivity index (χ1n) is 8.00. The van der Waals surface area contributed by atoms with E-state index in [0.717, 1.165) is 41.2 Å². The lowest BCUT2D eigenvalue weighted by molar-refractivity contribution is -0.145. The number of hydrogen-bond donors (Lipinski definition) is 0. The van der Waals surface area contributed by atoms with Crippen LogP contribution >= 0.6 is 11.3 Å². The number of rotatable bonds is 3. The van der Waals surface area contributed by atoms with Crippen LogP contribution in [0.25, 0.3) is 16.2 Å². The summed E-state index contributed by atoms with van der Waals surface area (Å²) in [4.78, 5) is 19.3. The highest BCUT2D eigenvalue weighted by molar-refractivity contribution is 7.17. The maximum absolute atomic E-state index is 12.3. The monoisotopic (exact) mass is 326 g/mol. The SMILES string of the molecule is CCOC(=O)C1CCCc2sc3nc(-c4ccccc4)cn3c21. The Balaban J connectivity index is 1.81. The van der Waals surface area contributed by atoms with Crippen molar-refractivity contribution in [3.8, 4) is 11.3 Å². The van der Waals surface area contributed by atoms with E-state index in [9.17, 15) is 4.79 Å². The van der Waals surface area contributed by atoms with Crippen LogP contribution in [0.15, 0.2) is 36.5 Å². The molecule has 1 atom stereocenters. The molecule has 4 nitrogen and oxygen atoms in total. The Hall–Kier alpha value is -2.14. The topological polar surface area (TPSA) is 43.6 Å². The van der Waals surface area contributed by atoms with E-state index < -0.39 is 0 Å². The molecule has 5 heteroatoms. The predicted octanol–water partition coefficient (Wildman–Crippen LogP) is 4.05. The van der Waals surface area contributed by atoms with Crippen LogP contribution in [-0.2, 0) is 16.0 Å². The fourth-order valence-electron chi connectivity index (χ4n) is 3.27. The molecule has 0 bridgehead atoms. The average Bonchev–Trinajstić information content (AvgIpc) is 3.13. The third-order valence-corrected chi connectivity index (χ3v) is 5.43. The second-order valence-electron chi connectivity index (χ2n) is 5.75. The van der Waals surface area contributed by atoms with Crippen molar-refractivity contribution < 1.29 is 9.53 Å². The van der Waals surface area contributed by atoms with Gasteiger partial charge < -0.3 is 4.74 Å². The van der Waals surface area contributed by atoms with Crippen molar-refractivity contribution in [3.05, 3.63) is 47.1 Å². The van der Waals surface area contributed by atoms with Gasteiger partial charge in [-0.15, -0.1) is 11.3 Å². The smallest absolute Gasteiger partial charge is 0.314 e. The van der Waals surface area contributed by atoms with Gasteiger partial charge in [0.25, 0.3) is 0 Å². The van der Waals surface area contributed by atoms with Gasteiger partial charge in [0, 0.05) is 16.6 Å². The largest absolute Gasteiger partial charge is 0.465 e. The minimum atomic E-state index is -0.162. The van der Waals surface area contributed by atoms with Gasteiger partial charge >= 0.3 is 5.97 Å². The number of imidazole rings is 1. The van der Waals surface area contributed by atoms with Crippen molar-refractivity contribution in [2.75, 3.05) is 6.61 Å². The van der Waals surface area contributed by atoms with Crippen molar-refractivity contribution in [1.29, 1.82) is 0 Å². The summed E-state index contributed by atoms with van der Waals surface area (Å²) in [5.74, 6) is -0.270. The van der Waals surface area contributed by atoms with E-state index in [1.54, 1.807) is 11.3 Å². The molecule has 0 spiro atoms. The molecule has 1 unspecified atom stereocenters. The van der Waals surface area contributed by atoms with E-state index in [0.29, 0.717) is 6.61 Å². The molecule has 118 valence electrons. The first kappa shape index (κ1) is 14.5. The van der Waals surface area contributed by atoms with E-state index in [-0.39, 0.29) is 11.9 Å². The number of fused-ring (bicyclic) bond motifs is 3.